The van der Waals surface area contributed by atoms with Crippen molar-refractivity contribution in [2.45, 2.75) is 44.8 Å². The van der Waals surface area contributed by atoms with Gasteiger partial charge in [-0.1, -0.05) is 55.3 Å². The predicted molar refractivity (Wildman–Crippen MR) is 109 cm³/mol. The van der Waals surface area contributed by atoms with E-state index >= 15 is 0 Å². The van der Waals surface area contributed by atoms with Crippen molar-refractivity contribution in [3.63, 3.8) is 0 Å². The second-order valence-electron chi connectivity index (χ2n) is 7.23. The van der Waals surface area contributed by atoms with Crippen molar-refractivity contribution in [2.24, 2.45) is 0 Å². The zero-order valence-corrected chi connectivity index (χ0v) is 16.5. The molecule has 2 aromatic rings. The number of halogens is 1. The van der Waals surface area contributed by atoms with Gasteiger partial charge in [0.25, 0.3) is 0 Å². The molecule has 1 heterocycles. The molecule has 29 heavy (non-hydrogen) atoms. The fourth-order valence-electron chi connectivity index (χ4n) is 3.30. The summed E-state index contributed by atoms with van der Waals surface area (Å²) in [7, 11) is 0. The number of rotatable bonds is 11. The van der Waals surface area contributed by atoms with Crippen LogP contribution in [0.1, 0.15) is 37.7 Å². The number of hydrogen-bond acceptors (Lipinski definition) is 3. The van der Waals surface area contributed by atoms with E-state index < -0.39 is 12.0 Å². The molecule has 0 aliphatic carbocycles. The Morgan fingerprint density at radius 3 is 2.52 bits per heavy atom. The van der Waals surface area contributed by atoms with Crippen molar-refractivity contribution in [3.05, 3.63) is 66.0 Å². The first-order chi connectivity index (χ1) is 14.1. The van der Waals surface area contributed by atoms with Crippen LogP contribution in [-0.4, -0.2) is 36.0 Å². The van der Waals surface area contributed by atoms with Gasteiger partial charge in [0.1, 0.15) is 6.54 Å². The number of ether oxygens (including phenoxy) is 1. The van der Waals surface area contributed by atoms with Crippen molar-refractivity contribution >= 4 is 11.8 Å². The first-order valence-electron chi connectivity index (χ1n) is 10.1. The first kappa shape index (κ1) is 20.8. The molecule has 3 rings (SSSR count). The van der Waals surface area contributed by atoms with E-state index in [0.29, 0.717) is 6.54 Å². The van der Waals surface area contributed by atoms with E-state index in [1.165, 1.54) is 22.6 Å². The minimum absolute atomic E-state index is 0.0635. The summed E-state index contributed by atoms with van der Waals surface area (Å²) in [5.74, 6) is -0.777. The van der Waals surface area contributed by atoms with E-state index in [-0.39, 0.29) is 30.5 Å². The molecule has 1 aliphatic heterocycles. The van der Waals surface area contributed by atoms with Crippen LogP contribution in [0.5, 0.6) is 5.75 Å². The van der Waals surface area contributed by atoms with Crippen molar-refractivity contribution in [1.82, 2.24) is 10.2 Å². The van der Waals surface area contributed by atoms with Crippen LogP contribution < -0.4 is 10.1 Å². The number of aryl methyl sites for hydroxylation is 1. The van der Waals surface area contributed by atoms with Gasteiger partial charge in [0.15, 0.2) is 17.8 Å². The average molecular weight is 398 g/mol. The molecule has 0 radical (unpaired) electrons. The van der Waals surface area contributed by atoms with Gasteiger partial charge in [0, 0.05) is 6.54 Å². The van der Waals surface area contributed by atoms with Gasteiger partial charge in [0.05, 0.1) is 6.42 Å². The first-order valence-corrected chi connectivity index (χ1v) is 10.1. The minimum Gasteiger partial charge on any atom is -0.467 e. The molecule has 1 fully saturated rings. The van der Waals surface area contributed by atoms with E-state index in [0.717, 1.165) is 32.1 Å². The van der Waals surface area contributed by atoms with E-state index in [2.05, 4.69) is 29.6 Å². The average Bonchev–Trinajstić information content (AvgIpc) is 2.73. The third-order valence-electron chi connectivity index (χ3n) is 4.99. The number of likely N-dealkylation sites (tertiary alicyclic amines) is 1. The minimum atomic E-state index is -0.594. The fourth-order valence-corrected chi connectivity index (χ4v) is 3.30. The Morgan fingerprint density at radius 1 is 1.03 bits per heavy atom. The maximum absolute atomic E-state index is 13.7. The number of carbonyl (C=O) groups is 2. The van der Waals surface area contributed by atoms with E-state index in [1.807, 2.05) is 6.07 Å². The molecule has 154 valence electrons. The molecule has 0 aromatic heterocycles. The van der Waals surface area contributed by atoms with E-state index in [9.17, 15) is 14.0 Å². The number of nitrogens with zero attached hydrogens (tertiary/aromatic N) is 1. The van der Waals surface area contributed by atoms with Gasteiger partial charge in [-0.05, 0) is 37.0 Å². The quantitative estimate of drug-likeness (QED) is 0.464. The highest BCUT2D eigenvalue weighted by atomic mass is 19.1. The summed E-state index contributed by atoms with van der Waals surface area (Å²) in [4.78, 5) is 25.2. The molecule has 1 aliphatic rings. The number of para-hydroxylation sites is 1. The number of carbonyl (C=O) groups excluding carboxylic acids is 2. The topological polar surface area (TPSA) is 58.6 Å². The SMILES string of the molecule is O=C(CN1C(=O)CC1Oc1ccccc1F)NCCCCCCc1ccccc1. The molecule has 5 nitrogen and oxygen atoms in total. The Morgan fingerprint density at radius 2 is 1.76 bits per heavy atom. The number of amides is 2. The van der Waals surface area contributed by atoms with Gasteiger partial charge in [-0.3, -0.25) is 14.5 Å². The molecule has 6 heteroatoms. The molecule has 0 spiro atoms. The van der Waals surface area contributed by atoms with Crippen LogP contribution in [0.15, 0.2) is 54.6 Å². The molecule has 2 aromatic carbocycles. The standard InChI is InChI=1S/C23H27FN2O3/c24-19-13-7-8-14-20(19)29-23-16-22(28)26(23)17-21(27)25-15-9-2-1-4-10-18-11-5-3-6-12-18/h3,5-8,11-14,23H,1-2,4,9-10,15-17H2,(H,25,27). The van der Waals surface area contributed by atoms with Crippen LogP contribution in [-0.2, 0) is 16.0 Å². The van der Waals surface area contributed by atoms with Gasteiger partial charge in [-0.15, -0.1) is 0 Å². The van der Waals surface area contributed by atoms with Crippen LogP contribution in [0, 0.1) is 5.82 Å². The molecular formula is C23H27FN2O3. The van der Waals surface area contributed by atoms with Gasteiger partial charge in [-0.2, -0.15) is 0 Å². The number of nitrogens with one attached hydrogen (secondary N) is 1. The van der Waals surface area contributed by atoms with E-state index in [4.69, 9.17) is 4.74 Å². The molecule has 1 atom stereocenters. The summed E-state index contributed by atoms with van der Waals surface area (Å²) in [5, 5.41) is 2.84. The number of unbranched alkanes of at least 4 members (excludes halogenated alkanes) is 3. The van der Waals surface area contributed by atoms with Crippen LogP contribution in [0.2, 0.25) is 0 Å². The third kappa shape index (κ3) is 6.31. The predicted octanol–water partition coefficient (Wildman–Crippen LogP) is 3.68. The lowest BCUT2D eigenvalue weighted by molar-refractivity contribution is -0.163. The molecule has 1 unspecified atom stereocenters. The lowest BCUT2D eigenvalue weighted by atomic mass is 10.1. The molecule has 1 N–H and O–H groups in total. The van der Waals surface area contributed by atoms with Gasteiger partial charge < -0.3 is 10.1 Å². The zero-order valence-electron chi connectivity index (χ0n) is 16.5. The number of benzene rings is 2. The molecule has 0 saturated carbocycles. The molecule has 2 amide bonds. The lowest BCUT2D eigenvalue weighted by Gasteiger charge is -2.39. The van der Waals surface area contributed by atoms with Crippen molar-refractivity contribution in [2.75, 3.05) is 13.1 Å². The van der Waals surface area contributed by atoms with Crippen LogP contribution in [0.25, 0.3) is 0 Å². The van der Waals surface area contributed by atoms with Gasteiger partial charge in [-0.25, -0.2) is 4.39 Å². The summed E-state index contributed by atoms with van der Waals surface area (Å²) in [5.41, 5.74) is 1.35. The normalized spacial score (nSPS) is 15.7. The molecule has 0 bridgehead atoms. The lowest BCUT2D eigenvalue weighted by Crippen LogP contribution is -2.58. The Balaban J connectivity index is 1.29. The Labute approximate surface area is 170 Å². The zero-order chi connectivity index (χ0) is 20.5. The summed E-state index contributed by atoms with van der Waals surface area (Å²) < 4.78 is 19.2. The van der Waals surface area contributed by atoms with Crippen LogP contribution in [0.4, 0.5) is 4.39 Å². The number of β-lactam (4-membered cyclic amide) rings is 1. The number of hydrogen-bond donors (Lipinski definition) is 1. The van der Waals surface area contributed by atoms with Crippen molar-refractivity contribution < 1.29 is 18.7 Å². The Bertz CT molecular complexity index is 813. The second kappa shape index (κ2) is 10.6. The maximum atomic E-state index is 13.7. The smallest absolute Gasteiger partial charge is 0.239 e. The molecular weight excluding hydrogens is 371 g/mol. The highest BCUT2D eigenvalue weighted by molar-refractivity contribution is 5.88. The summed E-state index contributed by atoms with van der Waals surface area (Å²) in [6, 6.07) is 16.5. The summed E-state index contributed by atoms with van der Waals surface area (Å²) >= 11 is 0. The fraction of sp³-hybridized carbons (Fsp3) is 0.391. The Hall–Kier alpha value is -2.89. The van der Waals surface area contributed by atoms with Crippen LogP contribution in [0.3, 0.4) is 0 Å². The maximum Gasteiger partial charge on any atom is 0.239 e. The highest BCUT2D eigenvalue weighted by Crippen LogP contribution is 2.25. The highest BCUT2D eigenvalue weighted by Gasteiger charge is 2.39. The Kier molecular flexibility index (Phi) is 7.61. The second-order valence-corrected chi connectivity index (χ2v) is 7.23. The van der Waals surface area contributed by atoms with Crippen molar-refractivity contribution in [1.29, 1.82) is 0 Å². The summed E-state index contributed by atoms with van der Waals surface area (Å²) in [6.45, 7) is 0.525. The molecule has 1 saturated heterocycles. The van der Waals surface area contributed by atoms with Crippen LogP contribution >= 0.6 is 0 Å². The third-order valence-corrected chi connectivity index (χ3v) is 4.99. The van der Waals surface area contributed by atoms with Gasteiger partial charge in [0.2, 0.25) is 11.8 Å². The monoisotopic (exact) mass is 398 g/mol. The largest absolute Gasteiger partial charge is 0.467 e. The van der Waals surface area contributed by atoms with E-state index in [1.54, 1.807) is 12.1 Å². The van der Waals surface area contributed by atoms with Gasteiger partial charge >= 0.3 is 0 Å². The summed E-state index contributed by atoms with van der Waals surface area (Å²) in [6.07, 6.45) is 4.85. The van der Waals surface area contributed by atoms with Crippen molar-refractivity contribution in [3.8, 4) is 5.75 Å².